The summed E-state index contributed by atoms with van der Waals surface area (Å²) in [5.74, 6) is 0. The van der Waals surface area contributed by atoms with Gasteiger partial charge in [0.1, 0.15) is 0 Å². The molecular weight excluding hydrogens is 977 g/mol. The van der Waals surface area contributed by atoms with Gasteiger partial charge in [-0.1, -0.05) is 234 Å². The van der Waals surface area contributed by atoms with Crippen molar-refractivity contribution in [3.05, 3.63) is 324 Å². The summed E-state index contributed by atoms with van der Waals surface area (Å²) in [4.78, 5) is 2.47. The zero-order chi connectivity index (χ0) is 54.2. The van der Waals surface area contributed by atoms with Crippen LogP contribution in [-0.2, 0) is 16.2 Å². The van der Waals surface area contributed by atoms with Crippen LogP contribution in [0.25, 0.3) is 83.1 Å². The third-order valence-electron chi connectivity index (χ3n) is 18.7. The summed E-state index contributed by atoms with van der Waals surface area (Å²) in [6.45, 7) is 9.49. The Hall–Kier alpha value is -9.76. The fourth-order valence-corrected chi connectivity index (χ4v) is 14.8. The predicted molar refractivity (Wildman–Crippen MR) is 339 cm³/mol. The topological polar surface area (TPSA) is 8.17 Å². The molecule has 3 aliphatic carbocycles. The molecule has 0 saturated carbocycles. The number of para-hydroxylation sites is 1. The summed E-state index contributed by atoms with van der Waals surface area (Å²) >= 11 is 0. The molecule has 1 heterocycles. The van der Waals surface area contributed by atoms with E-state index in [2.05, 4.69) is 316 Å². The molecule has 384 valence electrons. The van der Waals surface area contributed by atoms with Crippen molar-refractivity contribution in [3.63, 3.8) is 0 Å². The highest BCUT2D eigenvalue weighted by molar-refractivity contribution is 6.12. The second-order valence-electron chi connectivity index (χ2n) is 23.6. The average Bonchev–Trinajstić information content (AvgIpc) is 4.36. The molecule has 0 atom stereocenters. The molecule has 0 unspecified atom stereocenters. The maximum Gasteiger partial charge on any atom is 0.0713 e. The molecule has 2 nitrogen and oxygen atoms in total. The maximum absolute atomic E-state index is 2.47. The fourth-order valence-electron chi connectivity index (χ4n) is 14.8. The molecule has 13 aromatic rings. The highest BCUT2D eigenvalue weighted by Gasteiger charge is 2.46. The van der Waals surface area contributed by atoms with E-state index in [1.165, 1.54) is 122 Å². The number of nitrogens with zero attached hydrogens (tertiary/aromatic N) is 2. The number of rotatable bonds is 8. The van der Waals surface area contributed by atoms with Gasteiger partial charge < -0.3 is 9.47 Å². The van der Waals surface area contributed by atoms with E-state index in [0.717, 1.165) is 22.7 Å². The third kappa shape index (κ3) is 6.87. The molecule has 0 amide bonds. The summed E-state index contributed by atoms with van der Waals surface area (Å²) < 4.78 is 2.42. The van der Waals surface area contributed by atoms with Crippen LogP contribution in [0.4, 0.5) is 17.1 Å². The lowest BCUT2D eigenvalue weighted by Crippen LogP contribution is -2.28. The lowest BCUT2D eigenvalue weighted by Gasteiger charge is -2.34. The molecular formula is C79H58N2. The van der Waals surface area contributed by atoms with Gasteiger partial charge in [-0.3, -0.25) is 0 Å². The predicted octanol–water partition coefficient (Wildman–Crippen LogP) is 20.6. The molecule has 0 saturated heterocycles. The van der Waals surface area contributed by atoms with Gasteiger partial charge in [0.2, 0.25) is 0 Å². The van der Waals surface area contributed by atoms with Gasteiger partial charge in [0.25, 0.3) is 0 Å². The molecule has 1 aromatic heterocycles. The van der Waals surface area contributed by atoms with Crippen molar-refractivity contribution in [2.24, 2.45) is 0 Å². The van der Waals surface area contributed by atoms with Crippen LogP contribution in [-0.4, -0.2) is 4.57 Å². The smallest absolute Gasteiger partial charge is 0.0713 e. The zero-order valence-electron chi connectivity index (χ0n) is 46.0. The first-order valence-electron chi connectivity index (χ1n) is 28.6. The summed E-state index contributed by atoms with van der Waals surface area (Å²) in [7, 11) is 0. The minimum atomic E-state index is -0.440. The van der Waals surface area contributed by atoms with Crippen LogP contribution in [0.5, 0.6) is 0 Å². The van der Waals surface area contributed by atoms with Crippen LogP contribution < -0.4 is 4.90 Å². The monoisotopic (exact) mass is 1030 g/mol. The number of hydrogen-bond donors (Lipinski definition) is 0. The molecule has 0 radical (unpaired) electrons. The zero-order valence-corrected chi connectivity index (χ0v) is 46.0. The van der Waals surface area contributed by atoms with Gasteiger partial charge in [-0.15, -0.1) is 0 Å². The summed E-state index contributed by atoms with van der Waals surface area (Å²) in [5, 5.41) is 2.45. The van der Waals surface area contributed by atoms with Crippen LogP contribution in [0, 0.1) is 0 Å². The maximum atomic E-state index is 2.47. The minimum absolute atomic E-state index is 0.130. The van der Waals surface area contributed by atoms with Crippen LogP contribution in [0.15, 0.2) is 279 Å². The first-order valence-corrected chi connectivity index (χ1v) is 28.6. The van der Waals surface area contributed by atoms with Gasteiger partial charge in [-0.2, -0.15) is 0 Å². The van der Waals surface area contributed by atoms with Crippen LogP contribution in [0.2, 0.25) is 0 Å². The Morgan fingerprint density at radius 2 is 0.630 bits per heavy atom. The molecule has 0 fully saturated rings. The lowest BCUT2D eigenvalue weighted by atomic mass is 9.67. The molecule has 0 bridgehead atoms. The van der Waals surface area contributed by atoms with E-state index in [1.54, 1.807) is 0 Å². The Balaban J connectivity index is 0.804. The first kappa shape index (κ1) is 47.3. The molecule has 2 heteroatoms. The molecule has 81 heavy (non-hydrogen) atoms. The van der Waals surface area contributed by atoms with E-state index in [0.29, 0.717) is 0 Å². The lowest BCUT2D eigenvalue weighted by molar-refractivity contribution is 0.660. The van der Waals surface area contributed by atoms with E-state index in [-0.39, 0.29) is 10.8 Å². The van der Waals surface area contributed by atoms with Gasteiger partial charge >= 0.3 is 0 Å². The second kappa shape index (κ2) is 17.6. The van der Waals surface area contributed by atoms with Gasteiger partial charge in [-0.05, 0) is 173 Å². The number of benzene rings is 12. The highest BCUT2D eigenvalue weighted by atomic mass is 15.1. The van der Waals surface area contributed by atoms with Crippen molar-refractivity contribution in [1.29, 1.82) is 0 Å². The highest BCUT2D eigenvalue weighted by Crippen LogP contribution is 2.57. The van der Waals surface area contributed by atoms with Crippen molar-refractivity contribution in [1.82, 2.24) is 4.57 Å². The van der Waals surface area contributed by atoms with Gasteiger partial charge in [0, 0.05) is 44.4 Å². The van der Waals surface area contributed by atoms with E-state index in [1.807, 2.05) is 0 Å². The Kier molecular flexibility index (Phi) is 10.3. The third-order valence-corrected chi connectivity index (χ3v) is 18.7. The average molecular weight is 1040 g/mol. The Labute approximate surface area is 474 Å². The standard InChI is InChI=1S/C79H58N2/c1-77(2)69-27-15-11-23-61(69)65-43-41-59(49-73(65)77)80(60-42-44-66-62-24-12-16-28-70(62)78(3,4)74(66)50-60)58-39-33-52(34-40-58)54-36-46-76-68(48-54)67-47-53(35-45-75(67)81(76)57-21-9-6-10-22-57)51-31-37-56(38-32-51)79(55-19-7-5-8-20-55)71-29-17-13-25-63(71)64-26-14-18-30-72(64)79/h5-50H,1-4H3. The van der Waals surface area contributed by atoms with Gasteiger partial charge in [0.05, 0.1) is 16.4 Å². The Morgan fingerprint density at radius 3 is 1.11 bits per heavy atom. The van der Waals surface area contributed by atoms with Crippen molar-refractivity contribution < 1.29 is 0 Å². The fraction of sp³-hybridized carbons (Fsp3) is 0.0886. The normalized spacial score (nSPS) is 14.5. The number of aromatic nitrogens is 1. The minimum Gasteiger partial charge on any atom is -0.310 e. The Morgan fingerprint density at radius 1 is 0.272 bits per heavy atom. The van der Waals surface area contributed by atoms with Crippen molar-refractivity contribution in [2.75, 3.05) is 4.90 Å². The van der Waals surface area contributed by atoms with E-state index in [4.69, 9.17) is 0 Å². The second-order valence-corrected chi connectivity index (χ2v) is 23.6. The van der Waals surface area contributed by atoms with E-state index >= 15 is 0 Å². The quantitative estimate of drug-likeness (QED) is 0.147. The van der Waals surface area contributed by atoms with Crippen molar-refractivity contribution in [3.8, 4) is 61.3 Å². The van der Waals surface area contributed by atoms with E-state index in [9.17, 15) is 0 Å². The SMILES string of the molecule is CC1(C)c2ccccc2-c2ccc(N(c3ccc(-c4ccc5c(c4)c4cc(-c6ccc(C7(c8ccccc8)c8ccccc8-c8ccccc87)cc6)ccc4n5-c4ccccc4)cc3)c3ccc4c(c3)C(C)(C)c3ccccc3-4)cc21. The van der Waals surface area contributed by atoms with Crippen LogP contribution >= 0.6 is 0 Å². The molecule has 16 rings (SSSR count). The summed E-state index contributed by atoms with van der Waals surface area (Å²) in [6.07, 6.45) is 0. The molecule has 0 aliphatic heterocycles. The number of anilines is 3. The first-order chi connectivity index (χ1) is 39.7. The summed E-state index contributed by atoms with van der Waals surface area (Å²) in [5.41, 5.74) is 29.6. The molecule has 0 spiro atoms. The molecule has 12 aromatic carbocycles. The summed E-state index contributed by atoms with van der Waals surface area (Å²) in [6, 6.07) is 105. The van der Waals surface area contributed by atoms with E-state index < -0.39 is 5.41 Å². The van der Waals surface area contributed by atoms with Crippen molar-refractivity contribution >= 4 is 38.9 Å². The van der Waals surface area contributed by atoms with Crippen LogP contribution in [0.1, 0.15) is 72.2 Å². The van der Waals surface area contributed by atoms with Gasteiger partial charge in [-0.25, -0.2) is 0 Å². The van der Waals surface area contributed by atoms with Crippen LogP contribution in [0.3, 0.4) is 0 Å². The van der Waals surface area contributed by atoms with Crippen molar-refractivity contribution in [2.45, 2.75) is 43.9 Å². The molecule has 0 N–H and O–H groups in total. The number of hydrogen-bond acceptors (Lipinski definition) is 1. The van der Waals surface area contributed by atoms with Gasteiger partial charge in [0.15, 0.2) is 0 Å². The number of fused-ring (bicyclic) bond motifs is 12. The Bertz CT molecular complexity index is 4520. The largest absolute Gasteiger partial charge is 0.310 e. The molecule has 3 aliphatic rings.